The van der Waals surface area contributed by atoms with Crippen LogP contribution in [0.4, 0.5) is 0 Å². The van der Waals surface area contributed by atoms with Crippen molar-refractivity contribution < 1.29 is 22.2 Å². The van der Waals surface area contributed by atoms with Gasteiger partial charge in [0.05, 0.1) is 24.0 Å². The molecule has 9 heteroatoms. The molecular weight excluding hydrogens is 364 g/mol. The molecule has 0 spiro atoms. The number of hydrogen-bond acceptors (Lipinski definition) is 8. The fraction of sp³-hybridized carbons (Fsp3) is 0.312. The number of carbonyl (C=O) groups is 1. The maximum Gasteiger partial charge on any atom is 0.338 e. The second kappa shape index (κ2) is 8.18. The van der Waals surface area contributed by atoms with Crippen molar-refractivity contribution in [1.82, 2.24) is 0 Å². The number of ether oxygens (including phenoxy) is 1. The smallest absolute Gasteiger partial charge is 0.338 e. The molecule has 0 bridgehead atoms. The Morgan fingerprint density at radius 1 is 1.32 bits per heavy atom. The van der Waals surface area contributed by atoms with E-state index in [1.54, 1.807) is 31.2 Å². The fourth-order valence-corrected chi connectivity index (χ4v) is 3.47. The molecule has 1 aliphatic heterocycles. The largest absolute Gasteiger partial charge is 0.462 e. The third kappa shape index (κ3) is 5.08. The minimum Gasteiger partial charge on any atom is -0.462 e. The molecule has 0 N–H and O–H groups in total. The number of nitrogens with zero attached hydrogens (tertiary/aromatic N) is 2. The van der Waals surface area contributed by atoms with Crippen LogP contribution in [0.5, 0.6) is 0 Å². The van der Waals surface area contributed by atoms with Gasteiger partial charge in [0.2, 0.25) is 0 Å². The van der Waals surface area contributed by atoms with Gasteiger partial charge in [0.25, 0.3) is 0 Å². The monoisotopic (exact) mass is 380 g/mol. The second-order valence-corrected chi connectivity index (χ2v) is 7.77. The molecule has 1 aromatic carbocycles. The lowest BCUT2D eigenvalue weighted by atomic mass is 9.99. The molecule has 132 valence electrons. The molecule has 7 nitrogen and oxygen atoms in total. The summed E-state index contributed by atoms with van der Waals surface area (Å²) < 4.78 is 31.5. The fourth-order valence-electron chi connectivity index (χ4n) is 2.18. The van der Waals surface area contributed by atoms with E-state index in [0.717, 1.165) is 6.26 Å². The van der Waals surface area contributed by atoms with Gasteiger partial charge in [-0.1, -0.05) is 35.1 Å². The highest BCUT2D eigenvalue weighted by molar-refractivity contribution is 8.17. The third-order valence-corrected chi connectivity index (χ3v) is 4.68. The minimum atomic E-state index is -3.67. The molecule has 0 amide bonds. The second-order valence-electron chi connectivity index (χ2n) is 5.04. The van der Waals surface area contributed by atoms with E-state index in [1.807, 2.05) is 0 Å². The van der Waals surface area contributed by atoms with Crippen molar-refractivity contribution in [2.75, 3.05) is 12.9 Å². The molecule has 1 aliphatic rings. The molecule has 1 saturated heterocycles. The summed E-state index contributed by atoms with van der Waals surface area (Å²) in [7, 11) is -3.67. The lowest BCUT2D eigenvalue weighted by molar-refractivity contribution is 0.0526. The van der Waals surface area contributed by atoms with Gasteiger partial charge in [-0.05, 0) is 19.4 Å². The van der Waals surface area contributed by atoms with Gasteiger partial charge >= 0.3 is 16.1 Å². The first-order valence-electron chi connectivity index (χ1n) is 7.38. The first-order chi connectivity index (χ1) is 11.9. The highest BCUT2D eigenvalue weighted by Crippen LogP contribution is 2.39. The molecule has 0 aliphatic carbocycles. The number of carbonyl (C=O) groups excluding carboxylic acids is 1. The van der Waals surface area contributed by atoms with Crippen molar-refractivity contribution in [3.63, 3.8) is 0 Å². The van der Waals surface area contributed by atoms with Gasteiger partial charge in [0.1, 0.15) is 11.1 Å². The number of thioether (sulfide) groups is 1. The number of allylic oxidation sites excluding steroid dienone is 2. The molecule has 0 atom stereocenters. The summed E-state index contributed by atoms with van der Waals surface area (Å²) in [5.41, 5.74) is 1.14. The Hall–Kier alpha value is -2.31. The van der Waals surface area contributed by atoms with Gasteiger partial charge in [-0.2, -0.15) is 13.7 Å². The van der Waals surface area contributed by atoms with Crippen LogP contribution in [0.2, 0.25) is 0 Å². The van der Waals surface area contributed by atoms with E-state index in [2.05, 4.69) is 15.5 Å². The van der Waals surface area contributed by atoms with Gasteiger partial charge < -0.3 is 4.74 Å². The molecule has 2 rings (SSSR count). The molecule has 1 aromatic rings. The molecule has 0 aromatic heterocycles. The zero-order valence-corrected chi connectivity index (χ0v) is 15.3. The van der Waals surface area contributed by atoms with Crippen LogP contribution in [0.15, 0.2) is 34.3 Å². The Balaban J connectivity index is 2.37. The van der Waals surface area contributed by atoms with Gasteiger partial charge in [-0.3, -0.25) is 4.28 Å². The topological polar surface area (TPSA) is 106 Å². The first kappa shape index (κ1) is 19.0. The Kier molecular flexibility index (Phi) is 6.22. The molecule has 0 unspecified atom stereocenters. The molecular formula is C16H16N2O5S2. The van der Waals surface area contributed by atoms with Gasteiger partial charge in [-0.25, -0.2) is 4.79 Å². The van der Waals surface area contributed by atoms with Crippen LogP contribution in [0.1, 0.15) is 35.7 Å². The Bertz CT molecular complexity index is 882. The number of nitriles is 1. The van der Waals surface area contributed by atoms with E-state index >= 15 is 0 Å². The van der Waals surface area contributed by atoms with Crippen molar-refractivity contribution in [3.8, 4) is 6.07 Å². The summed E-state index contributed by atoms with van der Waals surface area (Å²) >= 11 is 1.18. The van der Waals surface area contributed by atoms with Crippen molar-refractivity contribution in [1.29, 1.82) is 5.26 Å². The number of esters is 1. The average molecular weight is 380 g/mol. The van der Waals surface area contributed by atoms with Crippen LogP contribution in [-0.2, 0) is 19.1 Å². The predicted octanol–water partition coefficient (Wildman–Crippen LogP) is 2.91. The quantitative estimate of drug-likeness (QED) is 0.439. The van der Waals surface area contributed by atoms with E-state index in [9.17, 15) is 18.5 Å². The molecule has 1 heterocycles. The number of benzene rings is 1. The summed E-state index contributed by atoms with van der Waals surface area (Å²) in [5, 5.41) is 13.6. The molecule has 1 fully saturated rings. The van der Waals surface area contributed by atoms with E-state index in [0.29, 0.717) is 39.5 Å². The van der Waals surface area contributed by atoms with Crippen LogP contribution in [-0.4, -0.2) is 32.3 Å². The zero-order chi connectivity index (χ0) is 18.4. The predicted molar refractivity (Wildman–Crippen MR) is 95.1 cm³/mol. The standard InChI is InChI=1S/C16H16N2O5S2/c1-3-22-16(19)12-7-5-4-6-11(12)13(10-17)14-8-9-15(24-14)18-23-25(2,20)21/h4-7H,3,8-9H2,1-2H3/b14-13-,18-15-. The first-order valence-corrected chi connectivity index (χ1v) is 10.0. The minimum absolute atomic E-state index is 0.236. The summed E-state index contributed by atoms with van der Waals surface area (Å²) in [4.78, 5) is 12.8. The van der Waals surface area contributed by atoms with Gasteiger partial charge in [0.15, 0.2) is 0 Å². The Morgan fingerprint density at radius 3 is 2.60 bits per heavy atom. The van der Waals surface area contributed by atoms with E-state index in [1.165, 1.54) is 11.8 Å². The van der Waals surface area contributed by atoms with Crippen LogP contribution < -0.4 is 0 Å². The SMILES string of the molecule is CCOC(=O)c1ccccc1/C(C#N)=C1/CC/C(=N/OS(C)(=O)=O)S1. The highest BCUT2D eigenvalue weighted by Gasteiger charge is 2.24. The summed E-state index contributed by atoms with van der Waals surface area (Å²) in [5.74, 6) is -0.497. The van der Waals surface area contributed by atoms with Crippen molar-refractivity contribution in [2.45, 2.75) is 19.8 Å². The average Bonchev–Trinajstić information content (AvgIpc) is 3.02. The van der Waals surface area contributed by atoms with Gasteiger partial charge in [-0.15, -0.1) is 0 Å². The Morgan fingerprint density at radius 2 is 2.00 bits per heavy atom. The summed E-state index contributed by atoms with van der Waals surface area (Å²) in [6.07, 6.45) is 1.88. The third-order valence-electron chi connectivity index (χ3n) is 3.16. The highest BCUT2D eigenvalue weighted by atomic mass is 32.2. The maximum absolute atomic E-state index is 12.1. The lowest BCUT2D eigenvalue weighted by Gasteiger charge is -2.09. The normalized spacial score (nSPS) is 17.9. The van der Waals surface area contributed by atoms with Crippen molar-refractivity contribution >= 4 is 38.5 Å². The van der Waals surface area contributed by atoms with E-state index in [-0.39, 0.29) is 6.61 Å². The van der Waals surface area contributed by atoms with Crippen LogP contribution in [0.3, 0.4) is 0 Å². The molecule has 0 saturated carbocycles. The van der Waals surface area contributed by atoms with Crippen LogP contribution in [0, 0.1) is 11.3 Å². The maximum atomic E-state index is 12.1. The Labute approximate surface area is 150 Å². The summed E-state index contributed by atoms with van der Waals surface area (Å²) in [6.45, 7) is 1.95. The van der Waals surface area contributed by atoms with Crippen LogP contribution >= 0.6 is 11.8 Å². The zero-order valence-electron chi connectivity index (χ0n) is 13.7. The van der Waals surface area contributed by atoms with E-state index < -0.39 is 16.1 Å². The van der Waals surface area contributed by atoms with Crippen molar-refractivity contribution in [3.05, 3.63) is 40.3 Å². The molecule has 25 heavy (non-hydrogen) atoms. The van der Waals surface area contributed by atoms with Crippen LogP contribution in [0.25, 0.3) is 5.57 Å². The number of hydrogen-bond donors (Lipinski definition) is 0. The molecule has 0 radical (unpaired) electrons. The van der Waals surface area contributed by atoms with E-state index in [4.69, 9.17) is 4.74 Å². The lowest BCUT2D eigenvalue weighted by Crippen LogP contribution is -2.07. The number of oxime groups is 1. The number of rotatable bonds is 5. The summed E-state index contributed by atoms with van der Waals surface area (Å²) in [6, 6.07) is 8.84. The van der Waals surface area contributed by atoms with Gasteiger partial charge in [0, 0.05) is 16.9 Å². The van der Waals surface area contributed by atoms with Crippen molar-refractivity contribution in [2.24, 2.45) is 5.16 Å².